The van der Waals surface area contributed by atoms with E-state index in [2.05, 4.69) is 5.32 Å². The third-order valence-electron chi connectivity index (χ3n) is 3.22. The Kier molecular flexibility index (Phi) is 5.31. The molecular weight excluding hydrogens is 290 g/mol. The summed E-state index contributed by atoms with van der Waals surface area (Å²) >= 11 is 0. The molecule has 3 aromatic rings. The van der Waals surface area contributed by atoms with Crippen molar-refractivity contribution < 1.29 is 9.21 Å². The third-order valence-corrected chi connectivity index (χ3v) is 3.22. The number of amides is 1. The van der Waals surface area contributed by atoms with Crippen molar-refractivity contribution in [3.05, 3.63) is 76.1 Å². The lowest BCUT2D eigenvalue weighted by atomic mass is 10.1. The predicted molar refractivity (Wildman–Crippen MR) is 93.0 cm³/mol. The van der Waals surface area contributed by atoms with Gasteiger partial charge in [-0.3, -0.25) is 9.59 Å². The van der Waals surface area contributed by atoms with Crippen LogP contribution in [0.4, 0.5) is 5.69 Å². The lowest BCUT2D eigenvalue weighted by Crippen LogP contribution is -2.15. The second kappa shape index (κ2) is 7.40. The Morgan fingerprint density at radius 1 is 1.00 bits per heavy atom. The molecule has 3 rings (SSSR count). The van der Waals surface area contributed by atoms with Gasteiger partial charge in [-0.1, -0.05) is 44.2 Å². The largest absolute Gasteiger partial charge is 0.451 e. The van der Waals surface area contributed by atoms with Crippen LogP contribution in [-0.2, 0) is 0 Å². The third kappa shape index (κ3) is 3.66. The van der Waals surface area contributed by atoms with E-state index in [0.29, 0.717) is 16.7 Å². The number of carbonyl (C=O) groups is 1. The molecule has 0 unspecified atom stereocenters. The number of fused-ring (bicyclic) bond motifs is 1. The Morgan fingerprint density at radius 3 is 2.39 bits per heavy atom. The molecule has 0 aliphatic heterocycles. The van der Waals surface area contributed by atoms with Crippen molar-refractivity contribution in [3.63, 3.8) is 0 Å². The molecule has 1 heterocycles. The minimum atomic E-state index is -0.443. The average Bonchev–Trinajstić information content (AvgIpc) is 2.57. The highest BCUT2D eigenvalue weighted by atomic mass is 16.3. The molecule has 0 aliphatic carbocycles. The van der Waals surface area contributed by atoms with E-state index in [0.717, 1.165) is 5.56 Å². The Bertz CT molecular complexity index is 867. The number of hydrogen-bond acceptors (Lipinski definition) is 3. The van der Waals surface area contributed by atoms with Crippen LogP contribution in [0.15, 0.2) is 63.8 Å². The molecule has 1 amide bonds. The fourth-order valence-electron chi connectivity index (χ4n) is 2.21. The van der Waals surface area contributed by atoms with Gasteiger partial charge in [0.15, 0.2) is 11.2 Å². The normalized spacial score (nSPS) is 9.87. The topological polar surface area (TPSA) is 59.3 Å². The molecule has 1 aromatic heterocycles. The number of para-hydroxylation sites is 1. The lowest BCUT2D eigenvalue weighted by molar-refractivity contribution is 0.0997. The summed E-state index contributed by atoms with van der Waals surface area (Å²) in [5.41, 5.74) is 1.68. The molecule has 2 aromatic carbocycles. The molecule has 0 fully saturated rings. The molecule has 4 nitrogen and oxygen atoms in total. The first-order chi connectivity index (χ1) is 11.1. The molecule has 0 radical (unpaired) electrons. The van der Waals surface area contributed by atoms with E-state index in [4.69, 9.17) is 4.42 Å². The van der Waals surface area contributed by atoms with E-state index < -0.39 is 5.91 Å². The smallest absolute Gasteiger partial charge is 0.291 e. The second-order valence-electron chi connectivity index (χ2n) is 4.74. The number of aryl methyl sites for hydroxylation is 1. The highest BCUT2D eigenvalue weighted by Gasteiger charge is 2.13. The molecule has 0 saturated heterocycles. The van der Waals surface area contributed by atoms with E-state index in [-0.39, 0.29) is 11.2 Å². The average molecular weight is 309 g/mol. The van der Waals surface area contributed by atoms with Gasteiger partial charge in [0.25, 0.3) is 5.91 Å². The molecular formula is C19H19NO3. The maximum Gasteiger partial charge on any atom is 0.291 e. The lowest BCUT2D eigenvalue weighted by Gasteiger charge is -2.06. The Labute approximate surface area is 134 Å². The van der Waals surface area contributed by atoms with Gasteiger partial charge in [-0.25, -0.2) is 0 Å². The highest BCUT2D eigenvalue weighted by Crippen LogP contribution is 2.17. The first kappa shape index (κ1) is 16.5. The first-order valence-corrected chi connectivity index (χ1v) is 7.55. The quantitative estimate of drug-likeness (QED) is 0.764. The zero-order valence-corrected chi connectivity index (χ0v) is 13.4. The number of nitrogens with one attached hydrogen (secondary N) is 1. The van der Waals surface area contributed by atoms with Gasteiger partial charge in [0, 0.05) is 11.8 Å². The molecule has 1 N–H and O–H groups in total. The number of anilines is 1. The first-order valence-electron chi connectivity index (χ1n) is 7.55. The molecule has 118 valence electrons. The van der Waals surface area contributed by atoms with Crippen molar-refractivity contribution >= 4 is 22.6 Å². The van der Waals surface area contributed by atoms with Crippen LogP contribution in [0.2, 0.25) is 0 Å². The van der Waals surface area contributed by atoms with Crippen molar-refractivity contribution in [2.75, 3.05) is 5.32 Å². The molecule has 0 aliphatic rings. The van der Waals surface area contributed by atoms with E-state index in [1.807, 2.05) is 45.0 Å². The van der Waals surface area contributed by atoms with Crippen LogP contribution < -0.4 is 10.7 Å². The summed E-state index contributed by atoms with van der Waals surface area (Å²) in [4.78, 5) is 24.3. The van der Waals surface area contributed by atoms with Gasteiger partial charge in [-0.05, 0) is 30.7 Å². The minimum absolute atomic E-state index is 0.00181. The van der Waals surface area contributed by atoms with Crippen LogP contribution >= 0.6 is 0 Å². The van der Waals surface area contributed by atoms with Gasteiger partial charge in [-0.15, -0.1) is 0 Å². The van der Waals surface area contributed by atoms with Crippen LogP contribution in [0.3, 0.4) is 0 Å². The van der Waals surface area contributed by atoms with E-state index in [1.54, 1.807) is 24.3 Å². The summed E-state index contributed by atoms with van der Waals surface area (Å²) in [7, 11) is 0. The Morgan fingerprint density at radius 2 is 1.70 bits per heavy atom. The zero-order valence-electron chi connectivity index (χ0n) is 13.4. The predicted octanol–water partition coefficient (Wildman–Crippen LogP) is 4.38. The van der Waals surface area contributed by atoms with Crippen LogP contribution in [0.1, 0.15) is 30.0 Å². The van der Waals surface area contributed by atoms with Gasteiger partial charge in [0.2, 0.25) is 0 Å². The molecule has 0 spiro atoms. The fourth-order valence-corrected chi connectivity index (χ4v) is 2.21. The maximum absolute atomic E-state index is 12.2. The van der Waals surface area contributed by atoms with Crippen molar-refractivity contribution in [1.29, 1.82) is 0 Å². The summed E-state index contributed by atoms with van der Waals surface area (Å²) in [6.45, 7) is 5.84. The SMILES string of the molecule is CC.Cc1cccc2oc(C(=O)Nc3ccccc3)cc(=O)c12. The van der Waals surface area contributed by atoms with Crippen molar-refractivity contribution in [1.82, 2.24) is 0 Å². The van der Waals surface area contributed by atoms with Gasteiger partial charge >= 0.3 is 0 Å². The van der Waals surface area contributed by atoms with Crippen LogP contribution in [0.25, 0.3) is 11.0 Å². The monoisotopic (exact) mass is 309 g/mol. The summed E-state index contributed by atoms with van der Waals surface area (Å²) < 4.78 is 5.55. The summed E-state index contributed by atoms with van der Waals surface area (Å²) in [6.07, 6.45) is 0. The number of carbonyl (C=O) groups excluding carboxylic acids is 1. The second-order valence-corrected chi connectivity index (χ2v) is 4.74. The van der Waals surface area contributed by atoms with Gasteiger partial charge < -0.3 is 9.73 Å². The van der Waals surface area contributed by atoms with Crippen molar-refractivity contribution in [3.8, 4) is 0 Å². The van der Waals surface area contributed by atoms with E-state index in [9.17, 15) is 9.59 Å². The summed E-state index contributed by atoms with van der Waals surface area (Å²) in [5, 5.41) is 3.20. The van der Waals surface area contributed by atoms with E-state index >= 15 is 0 Å². The minimum Gasteiger partial charge on any atom is -0.451 e. The molecule has 0 saturated carbocycles. The maximum atomic E-state index is 12.2. The van der Waals surface area contributed by atoms with Crippen molar-refractivity contribution in [2.45, 2.75) is 20.8 Å². The highest BCUT2D eigenvalue weighted by molar-refractivity contribution is 6.03. The Hall–Kier alpha value is -2.88. The number of benzene rings is 2. The van der Waals surface area contributed by atoms with Crippen molar-refractivity contribution in [2.24, 2.45) is 0 Å². The Balaban J connectivity index is 0.000000924. The molecule has 0 atom stereocenters. The summed E-state index contributed by atoms with van der Waals surface area (Å²) in [6, 6.07) is 15.6. The van der Waals surface area contributed by atoms with Gasteiger partial charge in [0.05, 0.1) is 5.39 Å². The van der Waals surface area contributed by atoms with Crippen LogP contribution in [0.5, 0.6) is 0 Å². The number of hydrogen-bond donors (Lipinski definition) is 1. The van der Waals surface area contributed by atoms with Crippen LogP contribution in [0, 0.1) is 6.92 Å². The standard InChI is InChI=1S/C17H13NO3.C2H6/c1-11-6-5-9-14-16(11)13(19)10-15(21-14)17(20)18-12-7-3-2-4-8-12;1-2/h2-10H,1H3,(H,18,20);1-2H3. The van der Waals surface area contributed by atoms with Crippen LogP contribution in [-0.4, -0.2) is 5.91 Å². The van der Waals surface area contributed by atoms with Gasteiger partial charge in [0.1, 0.15) is 5.58 Å². The molecule has 0 bridgehead atoms. The van der Waals surface area contributed by atoms with E-state index in [1.165, 1.54) is 6.07 Å². The van der Waals surface area contributed by atoms with Gasteiger partial charge in [-0.2, -0.15) is 0 Å². The molecule has 4 heteroatoms. The molecule has 23 heavy (non-hydrogen) atoms. The summed E-state index contributed by atoms with van der Waals surface area (Å²) in [5.74, 6) is -0.441. The zero-order chi connectivity index (χ0) is 16.8. The fraction of sp³-hybridized carbons (Fsp3) is 0.158. The number of rotatable bonds is 2.